The predicted molar refractivity (Wildman–Crippen MR) is 111 cm³/mol. The summed E-state index contributed by atoms with van der Waals surface area (Å²) in [7, 11) is 0. The Morgan fingerprint density at radius 2 is 1.85 bits per heavy atom. The first-order valence-corrected chi connectivity index (χ1v) is 9.01. The highest BCUT2D eigenvalue weighted by molar-refractivity contribution is 6.04. The number of carbonyl (C=O) groups excluding carboxylic acids is 1. The zero-order valence-electron chi connectivity index (χ0n) is 15.8. The minimum Gasteiger partial charge on any atom is -0.325 e. The Balaban J connectivity index is 2.19. The van der Waals surface area contributed by atoms with E-state index in [2.05, 4.69) is 49.6 Å². The molecule has 3 N–H and O–H groups in total. The minimum atomic E-state index is -0.0746. The first kappa shape index (κ1) is 18.6. The number of para-hydroxylation sites is 1. The zero-order chi connectivity index (χ0) is 19.4. The van der Waals surface area contributed by atoms with Crippen molar-refractivity contribution in [1.29, 1.82) is 5.41 Å². The van der Waals surface area contributed by atoms with Crippen molar-refractivity contribution in [2.45, 2.75) is 32.6 Å². The zero-order valence-corrected chi connectivity index (χ0v) is 15.8. The van der Waals surface area contributed by atoms with Gasteiger partial charge in [0.1, 0.15) is 0 Å². The van der Waals surface area contributed by atoms with Crippen LogP contribution in [0.3, 0.4) is 0 Å². The number of guanidine groups is 1. The van der Waals surface area contributed by atoms with Crippen LogP contribution in [0.2, 0.25) is 0 Å². The highest BCUT2D eigenvalue weighted by atomic mass is 16.1. The van der Waals surface area contributed by atoms with Crippen molar-refractivity contribution in [3.8, 4) is 11.3 Å². The fraction of sp³-hybridized carbons (Fsp3) is 0.227. The number of nitrogens with zero attached hydrogens (tertiary/aromatic N) is 1. The summed E-state index contributed by atoms with van der Waals surface area (Å²) < 4.78 is 0. The lowest BCUT2D eigenvalue weighted by atomic mass is 9.79. The molecule has 0 saturated carbocycles. The van der Waals surface area contributed by atoms with E-state index in [0.29, 0.717) is 6.41 Å². The molecule has 0 fully saturated rings. The quantitative estimate of drug-likeness (QED) is 0.351. The summed E-state index contributed by atoms with van der Waals surface area (Å²) in [5.41, 5.74) is 4.74. The fourth-order valence-electron chi connectivity index (χ4n) is 3.13. The normalized spacial score (nSPS) is 11.2. The molecule has 3 aromatic rings. The van der Waals surface area contributed by atoms with Crippen LogP contribution in [-0.4, -0.2) is 17.4 Å². The monoisotopic (exact) mass is 360 g/mol. The van der Waals surface area contributed by atoms with E-state index in [1.165, 1.54) is 5.56 Å². The van der Waals surface area contributed by atoms with Crippen LogP contribution in [0.1, 0.15) is 32.8 Å². The van der Waals surface area contributed by atoms with E-state index >= 15 is 0 Å². The largest absolute Gasteiger partial charge is 0.325 e. The Kier molecular flexibility index (Phi) is 5.21. The Labute approximate surface area is 159 Å². The maximum Gasteiger partial charge on any atom is 0.213 e. The van der Waals surface area contributed by atoms with Gasteiger partial charge >= 0.3 is 0 Å². The molecule has 1 amide bonds. The summed E-state index contributed by atoms with van der Waals surface area (Å²) in [6, 6.07) is 18.0. The van der Waals surface area contributed by atoms with Gasteiger partial charge in [-0.2, -0.15) is 0 Å². The topological polar surface area (TPSA) is 77.9 Å². The van der Waals surface area contributed by atoms with Crippen molar-refractivity contribution in [2.24, 2.45) is 0 Å². The van der Waals surface area contributed by atoms with Crippen molar-refractivity contribution < 1.29 is 4.79 Å². The van der Waals surface area contributed by atoms with Crippen LogP contribution in [0.4, 0.5) is 5.69 Å². The third-order valence-electron chi connectivity index (χ3n) is 5.00. The van der Waals surface area contributed by atoms with Gasteiger partial charge in [-0.3, -0.25) is 15.5 Å². The summed E-state index contributed by atoms with van der Waals surface area (Å²) in [4.78, 5) is 15.5. The summed E-state index contributed by atoms with van der Waals surface area (Å²) in [6.45, 7) is 6.65. The van der Waals surface area contributed by atoms with Crippen LogP contribution in [0.5, 0.6) is 0 Å². The molecule has 1 aromatic heterocycles. The van der Waals surface area contributed by atoms with E-state index in [0.717, 1.165) is 34.3 Å². The average Bonchev–Trinajstić information content (AvgIpc) is 2.68. The second kappa shape index (κ2) is 7.58. The number of carbonyl (C=O) groups is 1. The van der Waals surface area contributed by atoms with Crippen molar-refractivity contribution in [2.75, 3.05) is 5.32 Å². The second-order valence-corrected chi connectivity index (χ2v) is 7.12. The van der Waals surface area contributed by atoms with Crippen LogP contribution in [0.25, 0.3) is 22.2 Å². The molecule has 3 rings (SSSR count). The van der Waals surface area contributed by atoms with E-state index < -0.39 is 0 Å². The van der Waals surface area contributed by atoms with Crippen molar-refractivity contribution in [1.82, 2.24) is 10.3 Å². The van der Waals surface area contributed by atoms with Gasteiger partial charge in [-0.15, -0.1) is 0 Å². The van der Waals surface area contributed by atoms with Gasteiger partial charge in [0, 0.05) is 10.9 Å². The number of amides is 1. The first-order chi connectivity index (χ1) is 13.0. The Hall–Kier alpha value is -3.21. The Bertz CT molecular complexity index is 995. The lowest BCUT2D eigenvalue weighted by molar-refractivity contribution is -0.108. The molecule has 138 valence electrons. The number of rotatable bonds is 5. The third kappa shape index (κ3) is 3.82. The van der Waals surface area contributed by atoms with E-state index in [9.17, 15) is 4.79 Å². The number of fused-ring (bicyclic) bond motifs is 1. The van der Waals surface area contributed by atoms with Gasteiger partial charge in [-0.25, -0.2) is 4.98 Å². The SMILES string of the molecule is CCC(C)(C)c1ccccc1-c1cc(NC(=N)NC=O)c2ccccc2n1. The molecule has 2 aromatic carbocycles. The number of nitrogens with one attached hydrogen (secondary N) is 3. The molecule has 27 heavy (non-hydrogen) atoms. The molecule has 0 spiro atoms. The number of hydrogen-bond acceptors (Lipinski definition) is 3. The van der Waals surface area contributed by atoms with Gasteiger partial charge in [0.25, 0.3) is 0 Å². The van der Waals surface area contributed by atoms with Crippen molar-refractivity contribution in [3.63, 3.8) is 0 Å². The van der Waals surface area contributed by atoms with Gasteiger partial charge in [-0.05, 0) is 29.5 Å². The lowest BCUT2D eigenvalue weighted by Crippen LogP contribution is -2.28. The van der Waals surface area contributed by atoms with E-state index in [-0.39, 0.29) is 11.4 Å². The van der Waals surface area contributed by atoms with Crippen molar-refractivity contribution >= 4 is 29.0 Å². The van der Waals surface area contributed by atoms with E-state index in [1.54, 1.807) is 0 Å². The predicted octanol–water partition coefficient (Wildman–Crippen LogP) is 4.68. The molecule has 0 aliphatic heterocycles. The number of hydrogen-bond donors (Lipinski definition) is 3. The minimum absolute atomic E-state index is 0.0172. The molecule has 5 heteroatoms. The van der Waals surface area contributed by atoms with Gasteiger partial charge in [0.05, 0.1) is 16.9 Å². The summed E-state index contributed by atoms with van der Waals surface area (Å²) >= 11 is 0. The highest BCUT2D eigenvalue weighted by Crippen LogP contribution is 2.36. The maximum atomic E-state index is 10.6. The summed E-state index contributed by atoms with van der Waals surface area (Å²) in [5.74, 6) is -0.0746. The molecule has 0 aliphatic carbocycles. The average molecular weight is 360 g/mol. The standard InChI is InChI=1S/C22H24N4O/c1-4-22(2,3)17-11-7-5-9-15(17)19-13-20(26-21(23)24-14-27)16-10-6-8-12-18(16)25-19/h5-14H,4H2,1-3H3,(H3,23,24,25,26,27). The van der Waals surface area contributed by atoms with Crippen LogP contribution in [0.15, 0.2) is 54.6 Å². The number of benzene rings is 2. The molecule has 0 bridgehead atoms. The molecule has 0 aliphatic rings. The molecular weight excluding hydrogens is 336 g/mol. The number of aromatic nitrogens is 1. The molecule has 0 atom stereocenters. The molecule has 0 saturated heterocycles. The molecular formula is C22H24N4O. The highest BCUT2D eigenvalue weighted by Gasteiger charge is 2.22. The molecule has 0 unspecified atom stereocenters. The molecule has 1 heterocycles. The van der Waals surface area contributed by atoms with Gasteiger partial charge in [0.2, 0.25) is 6.41 Å². The first-order valence-electron chi connectivity index (χ1n) is 9.01. The van der Waals surface area contributed by atoms with Crippen LogP contribution in [0, 0.1) is 5.41 Å². The van der Waals surface area contributed by atoms with Gasteiger partial charge < -0.3 is 5.32 Å². The smallest absolute Gasteiger partial charge is 0.213 e. The van der Waals surface area contributed by atoms with Crippen LogP contribution in [-0.2, 0) is 10.2 Å². The molecule has 5 nitrogen and oxygen atoms in total. The Morgan fingerprint density at radius 1 is 1.15 bits per heavy atom. The second-order valence-electron chi connectivity index (χ2n) is 7.12. The third-order valence-corrected chi connectivity index (χ3v) is 5.00. The van der Waals surface area contributed by atoms with E-state index in [1.807, 2.05) is 36.4 Å². The Morgan fingerprint density at radius 3 is 2.59 bits per heavy atom. The van der Waals surface area contributed by atoms with Gasteiger partial charge in [0.15, 0.2) is 5.96 Å². The summed E-state index contributed by atoms with van der Waals surface area (Å²) in [5, 5.41) is 14.1. The van der Waals surface area contributed by atoms with Crippen LogP contribution < -0.4 is 10.6 Å². The summed E-state index contributed by atoms with van der Waals surface area (Å²) in [6.07, 6.45) is 1.50. The molecule has 0 radical (unpaired) electrons. The van der Waals surface area contributed by atoms with E-state index in [4.69, 9.17) is 10.4 Å². The maximum absolute atomic E-state index is 10.6. The van der Waals surface area contributed by atoms with Gasteiger partial charge in [-0.1, -0.05) is 63.2 Å². The number of pyridine rings is 1. The van der Waals surface area contributed by atoms with Crippen LogP contribution >= 0.6 is 0 Å². The fourth-order valence-corrected chi connectivity index (χ4v) is 3.13. The van der Waals surface area contributed by atoms with Crippen molar-refractivity contribution in [3.05, 3.63) is 60.2 Å². The lowest BCUT2D eigenvalue weighted by Gasteiger charge is -2.26. The number of anilines is 1.